The van der Waals surface area contributed by atoms with Crippen LogP contribution in [0.3, 0.4) is 0 Å². The fourth-order valence-corrected chi connectivity index (χ4v) is 2.01. The largest absolute Gasteiger partial charge is 0.298 e. The van der Waals surface area contributed by atoms with Crippen molar-refractivity contribution in [1.29, 1.82) is 0 Å². The van der Waals surface area contributed by atoms with Crippen LogP contribution in [0.5, 0.6) is 0 Å². The van der Waals surface area contributed by atoms with E-state index in [0.29, 0.717) is 0 Å². The first kappa shape index (κ1) is 14.4. The van der Waals surface area contributed by atoms with E-state index in [1.807, 2.05) is 13.0 Å². The molecule has 0 saturated heterocycles. The standard InChI is InChI=1S/C17H22O/c1-13(2)9-10-16(11-14(3)12-18)17-8-6-5-7-15(17)4/h5-9,11-12,16H,10H2,1-4H3. The first-order valence-electron chi connectivity index (χ1n) is 6.37. The van der Waals surface area contributed by atoms with E-state index >= 15 is 0 Å². The maximum Gasteiger partial charge on any atom is 0.145 e. The third kappa shape index (κ3) is 4.33. The highest BCUT2D eigenvalue weighted by Gasteiger charge is 2.10. The molecule has 0 spiro atoms. The first-order valence-corrected chi connectivity index (χ1v) is 6.37. The summed E-state index contributed by atoms with van der Waals surface area (Å²) in [7, 11) is 0. The molecule has 0 aliphatic heterocycles. The van der Waals surface area contributed by atoms with Crippen LogP contribution in [0.4, 0.5) is 0 Å². The Kier molecular flexibility index (Phi) is 5.57. The molecular weight excluding hydrogens is 220 g/mol. The number of carbonyl (C=O) groups is 1. The number of aldehydes is 1. The van der Waals surface area contributed by atoms with E-state index in [1.54, 1.807) is 0 Å². The van der Waals surface area contributed by atoms with Crippen molar-refractivity contribution in [2.75, 3.05) is 0 Å². The van der Waals surface area contributed by atoms with Crippen LogP contribution in [0.15, 0.2) is 47.6 Å². The van der Waals surface area contributed by atoms with Gasteiger partial charge in [0.2, 0.25) is 0 Å². The summed E-state index contributed by atoms with van der Waals surface area (Å²) in [6.45, 7) is 8.19. The lowest BCUT2D eigenvalue weighted by Crippen LogP contribution is -1.99. The zero-order valence-corrected chi connectivity index (χ0v) is 11.7. The van der Waals surface area contributed by atoms with Crippen molar-refractivity contribution in [2.24, 2.45) is 0 Å². The molecule has 0 bridgehead atoms. The average molecular weight is 242 g/mol. The Labute approximate surface area is 110 Å². The van der Waals surface area contributed by atoms with Gasteiger partial charge in [-0.15, -0.1) is 0 Å². The van der Waals surface area contributed by atoms with Crippen LogP contribution in [0, 0.1) is 6.92 Å². The van der Waals surface area contributed by atoms with Gasteiger partial charge in [0, 0.05) is 5.92 Å². The van der Waals surface area contributed by atoms with E-state index in [4.69, 9.17) is 0 Å². The molecule has 1 atom stereocenters. The highest BCUT2D eigenvalue weighted by molar-refractivity contribution is 5.72. The van der Waals surface area contributed by atoms with Crippen LogP contribution >= 0.6 is 0 Å². The molecule has 0 saturated carbocycles. The third-order valence-electron chi connectivity index (χ3n) is 3.02. The predicted octanol–water partition coefficient (Wildman–Crippen LogP) is 4.58. The van der Waals surface area contributed by atoms with E-state index in [1.165, 1.54) is 16.7 Å². The van der Waals surface area contributed by atoms with Gasteiger partial charge in [0.15, 0.2) is 0 Å². The van der Waals surface area contributed by atoms with Gasteiger partial charge in [-0.05, 0) is 50.8 Å². The zero-order chi connectivity index (χ0) is 13.5. The van der Waals surface area contributed by atoms with E-state index in [2.05, 4.69) is 51.1 Å². The predicted molar refractivity (Wildman–Crippen MR) is 77.8 cm³/mol. The third-order valence-corrected chi connectivity index (χ3v) is 3.02. The minimum absolute atomic E-state index is 0.284. The molecule has 1 heteroatoms. The van der Waals surface area contributed by atoms with E-state index in [0.717, 1.165) is 18.3 Å². The van der Waals surface area contributed by atoms with Gasteiger partial charge < -0.3 is 0 Å². The summed E-state index contributed by atoms with van der Waals surface area (Å²) in [5, 5.41) is 0. The lowest BCUT2D eigenvalue weighted by atomic mass is 9.90. The van der Waals surface area contributed by atoms with Crippen molar-refractivity contribution in [3.05, 3.63) is 58.7 Å². The summed E-state index contributed by atoms with van der Waals surface area (Å²) in [4.78, 5) is 10.8. The number of allylic oxidation sites excluding steroid dienone is 4. The molecule has 1 unspecified atom stereocenters. The van der Waals surface area contributed by atoms with Gasteiger partial charge in [0.25, 0.3) is 0 Å². The van der Waals surface area contributed by atoms with Crippen LogP contribution in [-0.4, -0.2) is 6.29 Å². The maximum atomic E-state index is 10.8. The molecule has 1 nitrogen and oxygen atoms in total. The van der Waals surface area contributed by atoms with Crippen molar-refractivity contribution >= 4 is 6.29 Å². The Hall–Kier alpha value is -1.63. The fourth-order valence-electron chi connectivity index (χ4n) is 2.01. The maximum absolute atomic E-state index is 10.8. The minimum atomic E-state index is 0.284. The van der Waals surface area contributed by atoms with E-state index < -0.39 is 0 Å². The smallest absolute Gasteiger partial charge is 0.145 e. The lowest BCUT2D eigenvalue weighted by Gasteiger charge is -2.15. The molecule has 96 valence electrons. The average Bonchev–Trinajstić information content (AvgIpc) is 2.34. The van der Waals surface area contributed by atoms with E-state index in [9.17, 15) is 4.79 Å². The molecule has 0 radical (unpaired) electrons. The minimum Gasteiger partial charge on any atom is -0.298 e. The van der Waals surface area contributed by atoms with Crippen molar-refractivity contribution in [2.45, 2.75) is 40.0 Å². The second kappa shape index (κ2) is 6.95. The summed E-state index contributed by atoms with van der Waals surface area (Å²) in [6.07, 6.45) is 6.16. The molecule has 0 aliphatic rings. The Morgan fingerprint density at radius 1 is 1.22 bits per heavy atom. The van der Waals surface area contributed by atoms with Crippen LogP contribution in [0.25, 0.3) is 0 Å². The van der Waals surface area contributed by atoms with E-state index in [-0.39, 0.29) is 5.92 Å². The molecule has 18 heavy (non-hydrogen) atoms. The summed E-state index contributed by atoms with van der Waals surface area (Å²) in [6, 6.07) is 8.37. The van der Waals surface area contributed by atoms with Gasteiger partial charge in [0.05, 0.1) is 0 Å². The van der Waals surface area contributed by atoms with Crippen molar-refractivity contribution in [1.82, 2.24) is 0 Å². The van der Waals surface area contributed by atoms with Gasteiger partial charge in [-0.25, -0.2) is 0 Å². The van der Waals surface area contributed by atoms with Crippen molar-refractivity contribution in [3.63, 3.8) is 0 Å². The molecule has 0 aromatic heterocycles. The summed E-state index contributed by atoms with van der Waals surface area (Å²) in [5.74, 6) is 0.284. The number of benzene rings is 1. The summed E-state index contributed by atoms with van der Waals surface area (Å²) in [5.41, 5.74) is 4.69. The Morgan fingerprint density at radius 2 is 1.89 bits per heavy atom. The Balaban J connectivity index is 3.08. The normalized spacial score (nSPS) is 13.0. The number of carbonyl (C=O) groups excluding carboxylic acids is 1. The topological polar surface area (TPSA) is 17.1 Å². The second-order valence-corrected chi connectivity index (χ2v) is 5.01. The Morgan fingerprint density at radius 3 is 2.44 bits per heavy atom. The molecule has 1 aromatic rings. The van der Waals surface area contributed by atoms with Gasteiger partial charge in [-0.3, -0.25) is 4.79 Å². The van der Waals surface area contributed by atoms with Crippen LogP contribution in [0.1, 0.15) is 44.2 Å². The molecular formula is C17H22O. The van der Waals surface area contributed by atoms with Crippen LogP contribution < -0.4 is 0 Å². The zero-order valence-electron chi connectivity index (χ0n) is 11.7. The molecule has 0 aliphatic carbocycles. The number of hydrogen-bond donors (Lipinski definition) is 0. The van der Waals surface area contributed by atoms with Crippen molar-refractivity contribution in [3.8, 4) is 0 Å². The molecule has 0 amide bonds. The van der Waals surface area contributed by atoms with Gasteiger partial charge in [0.1, 0.15) is 6.29 Å². The first-order chi connectivity index (χ1) is 8.54. The number of hydrogen-bond acceptors (Lipinski definition) is 1. The number of aryl methyl sites for hydroxylation is 1. The monoisotopic (exact) mass is 242 g/mol. The quantitative estimate of drug-likeness (QED) is 0.419. The van der Waals surface area contributed by atoms with Gasteiger partial charge in [-0.1, -0.05) is 42.0 Å². The summed E-state index contributed by atoms with van der Waals surface area (Å²) < 4.78 is 0. The molecule has 0 N–H and O–H groups in total. The lowest BCUT2D eigenvalue weighted by molar-refractivity contribution is -0.104. The Bertz CT molecular complexity index is 462. The van der Waals surface area contributed by atoms with Crippen molar-refractivity contribution < 1.29 is 4.79 Å². The van der Waals surface area contributed by atoms with Crippen LogP contribution in [-0.2, 0) is 4.79 Å². The SMILES string of the molecule is CC(C)=CCC(C=C(C)C=O)c1ccccc1C. The van der Waals surface area contributed by atoms with Gasteiger partial charge >= 0.3 is 0 Å². The second-order valence-electron chi connectivity index (χ2n) is 5.01. The molecule has 0 heterocycles. The molecule has 1 rings (SSSR count). The van der Waals surface area contributed by atoms with Crippen LogP contribution in [0.2, 0.25) is 0 Å². The molecule has 0 fully saturated rings. The highest BCUT2D eigenvalue weighted by atomic mass is 16.1. The van der Waals surface area contributed by atoms with Gasteiger partial charge in [-0.2, -0.15) is 0 Å². The fraction of sp³-hybridized carbons (Fsp3) is 0.353. The molecule has 1 aromatic carbocycles. The number of rotatable bonds is 5. The summed E-state index contributed by atoms with van der Waals surface area (Å²) >= 11 is 0. The highest BCUT2D eigenvalue weighted by Crippen LogP contribution is 2.26.